The Morgan fingerprint density at radius 1 is 1.22 bits per heavy atom. The molecule has 0 unspecified atom stereocenters. The number of halogens is 1. The molecule has 0 spiro atoms. The first-order chi connectivity index (χ1) is 10.6. The number of rotatable bonds is 2. The van der Waals surface area contributed by atoms with Crippen LogP contribution in [0.15, 0.2) is 36.7 Å². The Kier molecular flexibility index (Phi) is 4.68. The van der Waals surface area contributed by atoms with E-state index in [-0.39, 0.29) is 7.43 Å². The zero-order chi connectivity index (χ0) is 15.7. The van der Waals surface area contributed by atoms with Crippen molar-refractivity contribution in [1.29, 1.82) is 5.26 Å². The summed E-state index contributed by atoms with van der Waals surface area (Å²) in [6.07, 6.45) is 1.39. The van der Waals surface area contributed by atoms with Crippen molar-refractivity contribution in [2.45, 2.75) is 14.4 Å². The number of nitrogen functional groups attached to an aromatic ring is 1. The van der Waals surface area contributed by atoms with Crippen LogP contribution < -0.4 is 5.73 Å². The number of aryl methyl sites for hydroxylation is 1. The van der Waals surface area contributed by atoms with Crippen molar-refractivity contribution in [2.75, 3.05) is 5.73 Å². The molecule has 5 nitrogen and oxygen atoms in total. The van der Waals surface area contributed by atoms with E-state index >= 15 is 0 Å². The molecule has 0 amide bonds. The molecule has 0 bridgehead atoms. The van der Waals surface area contributed by atoms with E-state index in [0.29, 0.717) is 27.8 Å². The lowest BCUT2D eigenvalue weighted by Gasteiger charge is -2.05. The normalized spacial score (nSPS) is 9.96. The molecule has 0 fully saturated rings. The van der Waals surface area contributed by atoms with Crippen molar-refractivity contribution in [3.63, 3.8) is 0 Å². The van der Waals surface area contributed by atoms with Gasteiger partial charge in [0, 0.05) is 16.7 Å². The molecule has 0 atom stereocenters. The lowest BCUT2D eigenvalue weighted by atomic mass is 10.0. The average molecular weight is 326 g/mol. The summed E-state index contributed by atoms with van der Waals surface area (Å²) in [7, 11) is 0. The van der Waals surface area contributed by atoms with Crippen LogP contribution in [0.4, 0.5) is 5.82 Å². The highest BCUT2D eigenvalue weighted by molar-refractivity contribution is 6.30. The second-order valence-corrected chi connectivity index (χ2v) is 5.31. The molecule has 2 heterocycles. The summed E-state index contributed by atoms with van der Waals surface area (Å²) in [4.78, 5) is 11.3. The lowest BCUT2D eigenvalue weighted by Crippen LogP contribution is -1.92. The van der Waals surface area contributed by atoms with Crippen molar-refractivity contribution in [2.24, 2.45) is 0 Å². The van der Waals surface area contributed by atoms with E-state index in [1.165, 1.54) is 6.33 Å². The Bertz CT molecular complexity index is 892. The van der Waals surface area contributed by atoms with Gasteiger partial charge in [0.2, 0.25) is 0 Å². The number of H-pyrrole nitrogens is 1. The Balaban J connectivity index is 0.00000192. The number of hydrogen-bond acceptors (Lipinski definition) is 4. The van der Waals surface area contributed by atoms with Gasteiger partial charge in [0.15, 0.2) is 0 Å². The van der Waals surface area contributed by atoms with Crippen LogP contribution >= 0.6 is 11.6 Å². The van der Waals surface area contributed by atoms with Gasteiger partial charge in [-0.2, -0.15) is 5.26 Å². The van der Waals surface area contributed by atoms with Gasteiger partial charge in [0.25, 0.3) is 0 Å². The van der Waals surface area contributed by atoms with Crippen LogP contribution in [0.25, 0.3) is 22.6 Å². The van der Waals surface area contributed by atoms with Crippen LogP contribution in [0.3, 0.4) is 0 Å². The molecule has 1 aromatic carbocycles. The number of nitrogens with two attached hydrogens (primary N) is 1. The predicted octanol–water partition coefficient (Wildman–Crippen LogP) is 4.19. The van der Waals surface area contributed by atoms with Crippen LogP contribution in [-0.2, 0) is 0 Å². The molecule has 0 saturated carbocycles. The van der Waals surface area contributed by atoms with Crippen molar-refractivity contribution < 1.29 is 0 Å². The third-order valence-corrected chi connectivity index (χ3v) is 3.61. The number of nitriles is 1. The molecule has 0 radical (unpaired) electrons. The highest BCUT2D eigenvalue weighted by Crippen LogP contribution is 2.31. The first-order valence-electron chi connectivity index (χ1n) is 6.56. The van der Waals surface area contributed by atoms with Crippen LogP contribution in [0, 0.1) is 18.3 Å². The van der Waals surface area contributed by atoms with Crippen LogP contribution in [0.1, 0.15) is 18.6 Å². The molecule has 23 heavy (non-hydrogen) atoms. The molecule has 3 aromatic rings. The minimum absolute atomic E-state index is 0. The minimum Gasteiger partial charge on any atom is -0.384 e. The largest absolute Gasteiger partial charge is 0.384 e. The van der Waals surface area contributed by atoms with Gasteiger partial charge < -0.3 is 10.7 Å². The third kappa shape index (κ3) is 3.17. The highest BCUT2D eigenvalue weighted by atomic mass is 35.5. The number of benzene rings is 1. The number of aromatic nitrogens is 3. The van der Waals surface area contributed by atoms with E-state index < -0.39 is 0 Å². The first-order valence-corrected chi connectivity index (χ1v) is 6.94. The zero-order valence-electron chi connectivity index (χ0n) is 11.8. The summed E-state index contributed by atoms with van der Waals surface area (Å²) in [5.41, 5.74) is 10.2. The van der Waals surface area contributed by atoms with E-state index in [4.69, 9.17) is 17.3 Å². The highest BCUT2D eigenvalue weighted by Gasteiger charge is 2.14. The smallest absolute Gasteiger partial charge is 0.127 e. The van der Waals surface area contributed by atoms with Gasteiger partial charge in [0.1, 0.15) is 18.2 Å². The summed E-state index contributed by atoms with van der Waals surface area (Å²) in [5.74, 6) is 0.374. The standard InChI is InChI=1S/C16H12ClN5.CH4/c1-9-2-3-11(17)5-12(9)16-10(7-18)4-14(22-16)13-6-15(19)21-8-20-13;/h2-6,8,22H,1H3,(H2,19,20,21);1H4. The number of hydrogen-bond donors (Lipinski definition) is 2. The van der Waals surface area contributed by atoms with Crippen molar-refractivity contribution in [1.82, 2.24) is 15.0 Å². The lowest BCUT2D eigenvalue weighted by molar-refractivity contribution is 1.17. The predicted molar refractivity (Wildman–Crippen MR) is 92.9 cm³/mol. The third-order valence-electron chi connectivity index (χ3n) is 3.37. The summed E-state index contributed by atoms with van der Waals surface area (Å²) >= 11 is 6.07. The molecule has 0 aliphatic rings. The van der Waals surface area contributed by atoms with Crippen molar-refractivity contribution in [3.05, 3.63) is 52.8 Å². The van der Waals surface area contributed by atoms with E-state index in [2.05, 4.69) is 21.0 Å². The molecule has 0 saturated heterocycles. The fourth-order valence-corrected chi connectivity index (χ4v) is 2.45. The summed E-state index contributed by atoms with van der Waals surface area (Å²) in [6.45, 7) is 1.97. The minimum atomic E-state index is 0. The van der Waals surface area contributed by atoms with Gasteiger partial charge in [-0.1, -0.05) is 25.1 Å². The molecule has 0 aliphatic heterocycles. The van der Waals surface area contributed by atoms with Gasteiger partial charge >= 0.3 is 0 Å². The molecule has 2 aromatic heterocycles. The van der Waals surface area contributed by atoms with Gasteiger partial charge in [-0.3, -0.25) is 0 Å². The topological polar surface area (TPSA) is 91.4 Å². The van der Waals surface area contributed by atoms with E-state index in [1.54, 1.807) is 12.1 Å². The van der Waals surface area contributed by atoms with Gasteiger partial charge in [-0.15, -0.1) is 0 Å². The fourth-order valence-electron chi connectivity index (χ4n) is 2.28. The second-order valence-electron chi connectivity index (χ2n) is 4.87. The average Bonchev–Trinajstić information content (AvgIpc) is 2.94. The molecule has 3 N–H and O–H groups in total. The Labute approximate surface area is 139 Å². The maximum absolute atomic E-state index is 9.39. The molecular formula is C17H16ClN5. The van der Waals surface area contributed by atoms with Crippen molar-refractivity contribution >= 4 is 17.4 Å². The monoisotopic (exact) mass is 325 g/mol. The second kappa shape index (κ2) is 6.51. The molecule has 6 heteroatoms. The van der Waals surface area contributed by atoms with Gasteiger partial charge in [-0.05, 0) is 30.7 Å². The maximum atomic E-state index is 9.39. The quantitative estimate of drug-likeness (QED) is 0.739. The Morgan fingerprint density at radius 3 is 2.70 bits per heavy atom. The Hall–Kier alpha value is -2.84. The molecular weight excluding hydrogens is 310 g/mol. The number of nitrogens with zero attached hydrogens (tertiary/aromatic N) is 3. The van der Waals surface area contributed by atoms with Gasteiger partial charge in [0.05, 0.1) is 22.6 Å². The van der Waals surface area contributed by atoms with E-state index in [9.17, 15) is 5.26 Å². The van der Waals surface area contributed by atoms with Gasteiger partial charge in [-0.25, -0.2) is 9.97 Å². The SMILES string of the molecule is C.Cc1ccc(Cl)cc1-c1[nH]c(-c2cc(N)ncn2)cc1C#N. The van der Waals surface area contributed by atoms with Crippen molar-refractivity contribution in [3.8, 4) is 28.7 Å². The molecule has 0 aliphatic carbocycles. The van der Waals surface area contributed by atoms with Crippen LogP contribution in [-0.4, -0.2) is 15.0 Å². The summed E-state index contributed by atoms with van der Waals surface area (Å²) < 4.78 is 0. The van der Waals surface area contributed by atoms with E-state index in [1.807, 2.05) is 25.1 Å². The zero-order valence-corrected chi connectivity index (χ0v) is 12.5. The number of nitrogens with one attached hydrogen (secondary N) is 1. The number of aromatic amines is 1. The first kappa shape index (κ1) is 16.5. The summed E-state index contributed by atoms with van der Waals surface area (Å²) in [5, 5.41) is 10.0. The maximum Gasteiger partial charge on any atom is 0.127 e. The van der Waals surface area contributed by atoms with Crippen LogP contribution in [0.2, 0.25) is 5.02 Å². The summed E-state index contributed by atoms with van der Waals surface area (Å²) in [6, 6.07) is 11.2. The Morgan fingerprint density at radius 2 is 2.00 bits per heavy atom. The van der Waals surface area contributed by atoms with Crippen LogP contribution in [0.5, 0.6) is 0 Å². The fraction of sp³-hybridized carbons (Fsp3) is 0.118. The molecule has 3 rings (SSSR count). The molecule has 116 valence electrons. The number of anilines is 1. The van der Waals surface area contributed by atoms with E-state index in [0.717, 1.165) is 16.8 Å².